The molecule has 0 aliphatic heterocycles. The summed E-state index contributed by atoms with van der Waals surface area (Å²) in [7, 11) is 0. The number of nitrogens with one attached hydrogen (secondary N) is 1. The summed E-state index contributed by atoms with van der Waals surface area (Å²) in [6.45, 7) is 6.15. The largest absolute Gasteiger partial charge is 0.494 e. The molecule has 0 radical (unpaired) electrons. The molecule has 1 aromatic rings. The number of ether oxygens (including phenoxy) is 1. The van der Waals surface area contributed by atoms with Crippen LogP contribution in [0.15, 0.2) is 24.3 Å². The van der Waals surface area contributed by atoms with Gasteiger partial charge in [0.2, 0.25) is 0 Å². The van der Waals surface area contributed by atoms with E-state index in [1.165, 1.54) is 37.7 Å². The van der Waals surface area contributed by atoms with Crippen molar-refractivity contribution in [2.45, 2.75) is 52.0 Å². The molecule has 2 nitrogen and oxygen atoms in total. The van der Waals surface area contributed by atoms with E-state index < -0.39 is 0 Å². The number of fused-ring (bicyclic) bond motifs is 2. The van der Waals surface area contributed by atoms with Crippen LogP contribution < -0.4 is 10.1 Å². The second kappa shape index (κ2) is 6.83. The zero-order valence-electron chi connectivity index (χ0n) is 13.5. The van der Waals surface area contributed by atoms with Crippen molar-refractivity contribution >= 4 is 0 Å². The van der Waals surface area contributed by atoms with Gasteiger partial charge in [0, 0.05) is 6.04 Å². The molecule has 2 aliphatic carbocycles. The summed E-state index contributed by atoms with van der Waals surface area (Å²) in [6, 6.07) is 9.34. The lowest BCUT2D eigenvalue weighted by Gasteiger charge is -2.32. The molecular weight excluding hydrogens is 258 g/mol. The van der Waals surface area contributed by atoms with Crippen LogP contribution in [-0.2, 0) is 0 Å². The second-order valence-corrected chi connectivity index (χ2v) is 6.77. The Hall–Kier alpha value is -1.02. The normalized spacial score (nSPS) is 28.8. The second-order valence-electron chi connectivity index (χ2n) is 6.77. The molecule has 1 aromatic carbocycles. The fourth-order valence-corrected chi connectivity index (χ4v) is 4.46. The molecular formula is C19H29NO. The molecule has 2 fully saturated rings. The molecule has 0 amide bonds. The maximum Gasteiger partial charge on any atom is 0.119 e. The Morgan fingerprint density at radius 3 is 2.52 bits per heavy atom. The summed E-state index contributed by atoms with van der Waals surface area (Å²) in [5, 5.41) is 3.82. The van der Waals surface area contributed by atoms with Gasteiger partial charge in [-0.15, -0.1) is 0 Å². The fourth-order valence-electron chi connectivity index (χ4n) is 4.46. The predicted molar refractivity (Wildman–Crippen MR) is 87.6 cm³/mol. The SMILES string of the molecule is CCCNC(c1ccc(OCC)cc1)C1CC2CCC1C2. The van der Waals surface area contributed by atoms with E-state index in [-0.39, 0.29) is 0 Å². The van der Waals surface area contributed by atoms with Gasteiger partial charge in [0.05, 0.1) is 6.61 Å². The van der Waals surface area contributed by atoms with E-state index in [2.05, 4.69) is 36.5 Å². The number of rotatable bonds is 7. The Labute approximate surface area is 129 Å². The van der Waals surface area contributed by atoms with Crippen molar-refractivity contribution < 1.29 is 4.74 Å². The topological polar surface area (TPSA) is 21.3 Å². The highest BCUT2D eigenvalue weighted by Gasteiger charge is 2.43. The fraction of sp³-hybridized carbons (Fsp3) is 0.684. The van der Waals surface area contributed by atoms with Crippen LogP contribution in [0.5, 0.6) is 5.75 Å². The molecule has 1 N–H and O–H groups in total. The van der Waals surface area contributed by atoms with Crippen LogP contribution in [0.2, 0.25) is 0 Å². The first-order valence-electron chi connectivity index (χ1n) is 8.78. The third-order valence-corrected chi connectivity index (χ3v) is 5.39. The summed E-state index contributed by atoms with van der Waals surface area (Å²) in [5.41, 5.74) is 1.45. The van der Waals surface area contributed by atoms with E-state index >= 15 is 0 Å². The Kier molecular flexibility index (Phi) is 4.84. The van der Waals surface area contributed by atoms with Crippen LogP contribution in [0.3, 0.4) is 0 Å². The smallest absolute Gasteiger partial charge is 0.119 e. The molecule has 3 rings (SSSR count). The van der Waals surface area contributed by atoms with Crippen molar-refractivity contribution in [1.82, 2.24) is 5.32 Å². The van der Waals surface area contributed by atoms with Gasteiger partial charge in [-0.1, -0.05) is 25.5 Å². The number of benzene rings is 1. The Morgan fingerprint density at radius 1 is 1.14 bits per heavy atom. The molecule has 2 heteroatoms. The molecule has 0 heterocycles. The van der Waals surface area contributed by atoms with Crippen molar-refractivity contribution in [2.75, 3.05) is 13.2 Å². The molecule has 0 spiro atoms. The molecule has 2 bridgehead atoms. The van der Waals surface area contributed by atoms with Gasteiger partial charge in [0.25, 0.3) is 0 Å². The van der Waals surface area contributed by atoms with Crippen molar-refractivity contribution in [3.63, 3.8) is 0 Å². The van der Waals surface area contributed by atoms with Crippen molar-refractivity contribution in [3.8, 4) is 5.75 Å². The number of hydrogen-bond donors (Lipinski definition) is 1. The first-order valence-corrected chi connectivity index (χ1v) is 8.78. The maximum atomic E-state index is 5.58. The average Bonchev–Trinajstić information content (AvgIpc) is 3.12. The molecule has 4 unspecified atom stereocenters. The van der Waals surface area contributed by atoms with Gasteiger partial charge in [0.1, 0.15) is 5.75 Å². The molecule has 2 aliphatic rings. The van der Waals surface area contributed by atoms with Crippen molar-refractivity contribution in [3.05, 3.63) is 29.8 Å². The standard InChI is InChI=1S/C19H29NO/c1-3-11-20-19(18-13-14-5-6-16(18)12-14)15-7-9-17(10-8-15)21-4-2/h7-10,14,16,18-20H,3-6,11-13H2,1-2H3. The third kappa shape index (κ3) is 3.26. The first kappa shape index (κ1) is 14.9. The van der Waals surface area contributed by atoms with Gasteiger partial charge in [-0.2, -0.15) is 0 Å². The Bertz CT molecular complexity index is 441. The zero-order valence-corrected chi connectivity index (χ0v) is 13.5. The maximum absolute atomic E-state index is 5.58. The van der Waals surface area contributed by atoms with Crippen molar-refractivity contribution in [2.24, 2.45) is 17.8 Å². The van der Waals surface area contributed by atoms with Gasteiger partial charge in [-0.25, -0.2) is 0 Å². The highest BCUT2D eigenvalue weighted by atomic mass is 16.5. The van der Waals surface area contributed by atoms with E-state index in [4.69, 9.17) is 4.74 Å². The monoisotopic (exact) mass is 287 g/mol. The lowest BCUT2D eigenvalue weighted by Crippen LogP contribution is -2.32. The van der Waals surface area contributed by atoms with Gasteiger partial charge >= 0.3 is 0 Å². The van der Waals surface area contributed by atoms with Crippen LogP contribution in [0.1, 0.15) is 57.6 Å². The third-order valence-electron chi connectivity index (χ3n) is 5.39. The van der Waals surface area contributed by atoms with Crippen LogP contribution in [0.25, 0.3) is 0 Å². The lowest BCUT2D eigenvalue weighted by molar-refractivity contribution is 0.250. The molecule has 0 aromatic heterocycles. The summed E-state index contributed by atoms with van der Waals surface area (Å²) >= 11 is 0. The highest BCUT2D eigenvalue weighted by molar-refractivity contribution is 5.30. The molecule has 0 saturated heterocycles. The Morgan fingerprint density at radius 2 is 1.95 bits per heavy atom. The zero-order chi connectivity index (χ0) is 14.7. The van der Waals surface area contributed by atoms with E-state index in [1.54, 1.807) is 0 Å². The van der Waals surface area contributed by atoms with Crippen LogP contribution in [-0.4, -0.2) is 13.2 Å². The van der Waals surface area contributed by atoms with Crippen LogP contribution in [0.4, 0.5) is 0 Å². The van der Waals surface area contributed by atoms with Gasteiger partial charge in [-0.3, -0.25) is 0 Å². The van der Waals surface area contributed by atoms with Crippen molar-refractivity contribution in [1.29, 1.82) is 0 Å². The average molecular weight is 287 g/mol. The van der Waals surface area contributed by atoms with Gasteiger partial charge in [0.15, 0.2) is 0 Å². The summed E-state index contributed by atoms with van der Waals surface area (Å²) in [5.74, 6) is 3.79. The van der Waals surface area contributed by atoms with E-state index in [0.29, 0.717) is 6.04 Å². The number of hydrogen-bond acceptors (Lipinski definition) is 2. The quantitative estimate of drug-likeness (QED) is 0.793. The lowest BCUT2D eigenvalue weighted by atomic mass is 9.80. The van der Waals surface area contributed by atoms with E-state index in [1.807, 2.05) is 6.92 Å². The van der Waals surface area contributed by atoms with Gasteiger partial charge in [-0.05, 0) is 74.6 Å². The minimum atomic E-state index is 0.538. The minimum Gasteiger partial charge on any atom is -0.494 e. The predicted octanol–water partition coefficient (Wildman–Crippen LogP) is 4.56. The summed E-state index contributed by atoms with van der Waals surface area (Å²) in [6.07, 6.45) is 7.04. The highest BCUT2D eigenvalue weighted by Crippen LogP contribution is 2.52. The minimum absolute atomic E-state index is 0.538. The molecule has 116 valence electrons. The molecule has 4 atom stereocenters. The van der Waals surface area contributed by atoms with Crippen LogP contribution in [0, 0.1) is 17.8 Å². The van der Waals surface area contributed by atoms with E-state index in [9.17, 15) is 0 Å². The Balaban J connectivity index is 1.75. The van der Waals surface area contributed by atoms with E-state index in [0.717, 1.165) is 36.7 Å². The summed E-state index contributed by atoms with van der Waals surface area (Å²) < 4.78 is 5.58. The van der Waals surface area contributed by atoms with Crippen LogP contribution >= 0.6 is 0 Å². The van der Waals surface area contributed by atoms with Gasteiger partial charge < -0.3 is 10.1 Å². The summed E-state index contributed by atoms with van der Waals surface area (Å²) in [4.78, 5) is 0. The molecule has 21 heavy (non-hydrogen) atoms. The molecule has 2 saturated carbocycles. The first-order chi connectivity index (χ1) is 10.3.